The highest BCUT2D eigenvalue weighted by Gasteiger charge is 2.25. The van der Waals surface area contributed by atoms with Crippen LogP contribution >= 0.6 is 0 Å². The van der Waals surface area contributed by atoms with Gasteiger partial charge in [0.05, 0.1) is 0 Å². The summed E-state index contributed by atoms with van der Waals surface area (Å²) in [6, 6.07) is 0. The Balaban J connectivity index is 3.59. The Labute approximate surface area is 129 Å². The van der Waals surface area contributed by atoms with Crippen LogP contribution in [0.5, 0.6) is 0 Å². The fraction of sp³-hybridized carbons (Fsp3) is 0.933. The third-order valence-corrected chi connectivity index (χ3v) is 4.79. The zero-order valence-electron chi connectivity index (χ0n) is 13.3. The van der Waals surface area contributed by atoms with Crippen molar-refractivity contribution in [1.82, 2.24) is 0 Å². The van der Waals surface area contributed by atoms with Crippen molar-refractivity contribution in [2.24, 2.45) is 0 Å². The lowest BCUT2D eigenvalue weighted by Gasteiger charge is -2.09. The number of carbonyl (C=O) groups excluding carboxylic acids is 1. The number of hydrogen-bond donors (Lipinski definition) is 1. The molecule has 0 aromatic carbocycles. The van der Waals surface area contributed by atoms with Crippen LogP contribution in [0.15, 0.2) is 0 Å². The molecule has 0 aliphatic rings. The Morgan fingerprint density at radius 3 is 1.90 bits per heavy atom. The number of rotatable bonds is 13. The summed E-state index contributed by atoms with van der Waals surface area (Å²) >= 11 is 0. The molecule has 0 amide bonds. The molecule has 1 atom stereocenters. The van der Waals surface area contributed by atoms with E-state index < -0.39 is 21.5 Å². The smallest absolute Gasteiger partial charge is 0.338 e. The van der Waals surface area contributed by atoms with Crippen LogP contribution < -0.4 is 0 Å². The van der Waals surface area contributed by atoms with E-state index in [2.05, 4.69) is 11.1 Å². The van der Waals surface area contributed by atoms with Crippen molar-refractivity contribution < 1.29 is 22.5 Å². The van der Waals surface area contributed by atoms with Gasteiger partial charge in [0.1, 0.15) is 0 Å². The summed E-state index contributed by atoms with van der Waals surface area (Å²) in [5.74, 6) is -0.773. The first kappa shape index (κ1) is 20.4. The van der Waals surface area contributed by atoms with E-state index in [4.69, 9.17) is 0 Å². The van der Waals surface area contributed by atoms with Crippen LogP contribution in [0.25, 0.3) is 0 Å². The second-order valence-corrected chi connectivity index (χ2v) is 7.09. The lowest BCUT2D eigenvalue weighted by atomic mass is 10.1. The molecule has 0 bridgehead atoms. The SMILES string of the molecule is CCCCCCCCCCCC(=O)OS(=O)(=O)C(O)CC. The van der Waals surface area contributed by atoms with Crippen molar-refractivity contribution in [2.45, 2.75) is 89.9 Å². The maximum atomic E-state index is 11.4. The minimum absolute atomic E-state index is 0.00758. The van der Waals surface area contributed by atoms with Crippen molar-refractivity contribution in [1.29, 1.82) is 0 Å². The van der Waals surface area contributed by atoms with Crippen molar-refractivity contribution >= 4 is 16.1 Å². The molecule has 0 saturated carbocycles. The quantitative estimate of drug-likeness (QED) is 0.414. The summed E-state index contributed by atoms with van der Waals surface area (Å²) in [6.07, 6.45) is 10.2. The zero-order valence-corrected chi connectivity index (χ0v) is 14.2. The van der Waals surface area contributed by atoms with Gasteiger partial charge in [-0.05, 0) is 12.8 Å². The molecule has 0 aliphatic heterocycles. The van der Waals surface area contributed by atoms with Gasteiger partial charge in [-0.1, -0.05) is 65.2 Å². The summed E-state index contributed by atoms with van der Waals surface area (Å²) in [4.78, 5) is 11.4. The van der Waals surface area contributed by atoms with Gasteiger partial charge in [0.2, 0.25) is 0 Å². The van der Waals surface area contributed by atoms with E-state index in [1.54, 1.807) is 0 Å². The number of aliphatic hydroxyl groups excluding tert-OH is 1. The molecule has 126 valence electrons. The Morgan fingerprint density at radius 1 is 0.952 bits per heavy atom. The molecule has 0 radical (unpaired) electrons. The topological polar surface area (TPSA) is 80.7 Å². The normalized spacial score (nSPS) is 13.1. The van der Waals surface area contributed by atoms with E-state index >= 15 is 0 Å². The number of hydrogen-bond acceptors (Lipinski definition) is 5. The fourth-order valence-corrected chi connectivity index (χ4v) is 2.87. The van der Waals surface area contributed by atoms with Crippen LogP contribution in [-0.2, 0) is 19.1 Å². The molecule has 0 spiro atoms. The third-order valence-electron chi connectivity index (χ3n) is 3.38. The minimum Gasteiger partial charge on any atom is -0.374 e. The van der Waals surface area contributed by atoms with Gasteiger partial charge in [0.25, 0.3) is 0 Å². The van der Waals surface area contributed by atoms with Gasteiger partial charge in [-0.15, -0.1) is 0 Å². The Hall–Kier alpha value is -0.620. The first-order chi connectivity index (χ1) is 9.94. The molecule has 21 heavy (non-hydrogen) atoms. The fourth-order valence-electron chi connectivity index (χ4n) is 2.01. The van der Waals surface area contributed by atoms with Crippen LogP contribution in [0.4, 0.5) is 0 Å². The largest absolute Gasteiger partial charge is 0.374 e. The highest BCUT2D eigenvalue weighted by atomic mass is 32.2. The number of aliphatic hydroxyl groups is 1. The van der Waals surface area contributed by atoms with Gasteiger partial charge in [0, 0.05) is 6.42 Å². The second kappa shape index (κ2) is 12.0. The molecule has 0 rings (SSSR count). The van der Waals surface area contributed by atoms with Gasteiger partial charge < -0.3 is 9.29 Å². The van der Waals surface area contributed by atoms with Crippen LogP contribution in [0.3, 0.4) is 0 Å². The summed E-state index contributed by atoms with van der Waals surface area (Å²) in [5.41, 5.74) is -1.62. The maximum Gasteiger partial charge on any atom is 0.338 e. The van der Waals surface area contributed by atoms with Crippen molar-refractivity contribution in [2.75, 3.05) is 0 Å². The Morgan fingerprint density at radius 2 is 1.43 bits per heavy atom. The summed E-state index contributed by atoms with van der Waals surface area (Å²) in [7, 11) is -4.16. The van der Waals surface area contributed by atoms with E-state index in [1.165, 1.54) is 39.0 Å². The highest BCUT2D eigenvalue weighted by molar-refractivity contribution is 7.87. The van der Waals surface area contributed by atoms with Gasteiger partial charge in [-0.25, -0.2) is 0 Å². The van der Waals surface area contributed by atoms with Gasteiger partial charge in [-0.3, -0.25) is 4.79 Å². The van der Waals surface area contributed by atoms with E-state index in [9.17, 15) is 18.3 Å². The summed E-state index contributed by atoms with van der Waals surface area (Å²) < 4.78 is 27.0. The number of unbranched alkanes of at least 4 members (excludes halogenated alkanes) is 8. The minimum atomic E-state index is -4.16. The van der Waals surface area contributed by atoms with E-state index in [0.717, 1.165) is 19.3 Å². The van der Waals surface area contributed by atoms with Gasteiger partial charge in [-0.2, -0.15) is 8.42 Å². The molecule has 0 aromatic heterocycles. The first-order valence-electron chi connectivity index (χ1n) is 8.08. The average Bonchev–Trinajstić information content (AvgIpc) is 2.44. The van der Waals surface area contributed by atoms with Gasteiger partial charge in [0.15, 0.2) is 5.44 Å². The molecule has 0 aromatic rings. The van der Waals surface area contributed by atoms with E-state index in [1.807, 2.05) is 0 Å². The lowest BCUT2D eigenvalue weighted by molar-refractivity contribution is -0.134. The summed E-state index contributed by atoms with van der Waals surface area (Å²) in [6.45, 7) is 3.70. The monoisotopic (exact) mass is 322 g/mol. The Kier molecular flexibility index (Phi) is 11.6. The summed E-state index contributed by atoms with van der Waals surface area (Å²) in [5, 5.41) is 9.20. The molecular weight excluding hydrogens is 292 g/mol. The van der Waals surface area contributed by atoms with Gasteiger partial charge >= 0.3 is 16.1 Å². The van der Waals surface area contributed by atoms with Crippen LogP contribution in [0, 0.1) is 0 Å². The molecule has 0 heterocycles. The predicted molar refractivity (Wildman–Crippen MR) is 83.2 cm³/mol. The zero-order chi connectivity index (χ0) is 16.1. The lowest BCUT2D eigenvalue weighted by Crippen LogP contribution is -2.25. The molecule has 5 nitrogen and oxygen atoms in total. The predicted octanol–water partition coefficient (Wildman–Crippen LogP) is 3.51. The molecule has 1 unspecified atom stereocenters. The van der Waals surface area contributed by atoms with E-state index in [0.29, 0.717) is 6.42 Å². The van der Waals surface area contributed by atoms with Crippen molar-refractivity contribution in [3.63, 3.8) is 0 Å². The maximum absolute atomic E-state index is 11.4. The standard InChI is InChI=1S/C15H30O5S/c1-3-5-6-7-8-9-10-11-12-13-14(16)20-21(18,19)15(17)4-2/h15,17H,3-13H2,1-2H3. The first-order valence-corrected chi connectivity index (χ1v) is 9.55. The Bertz CT molecular complexity index is 364. The van der Waals surface area contributed by atoms with Crippen molar-refractivity contribution in [3.05, 3.63) is 0 Å². The molecule has 0 aliphatic carbocycles. The average molecular weight is 322 g/mol. The molecule has 6 heteroatoms. The highest BCUT2D eigenvalue weighted by Crippen LogP contribution is 2.12. The molecule has 0 fully saturated rings. The van der Waals surface area contributed by atoms with E-state index in [-0.39, 0.29) is 12.8 Å². The van der Waals surface area contributed by atoms with Crippen LogP contribution in [0.2, 0.25) is 0 Å². The van der Waals surface area contributed by atoms with Crippen molar-refractivity contribution in [3.8, 4) is 0 Å². The van der Waals surface area contributed by atoms with Crippen LogP contribution in [0.1, 0.15) is 84.5 Å². The molecule has 0 saturated heterocycles. The second-order valence-electron chi connectivity index (χ2n) is 5.39. The molecule has 1 N–H and O–H groups in total. The molecular formula is C15H30O5S. The van der Waals surface area contributed by atoms with Crippen LogP contribution in [-0.4, -0.2) is 24.9 Å². The third kappa shape index (κ3) is 10.7. The number of carbonyl (C=O) groups is 1.